The summed E-state index contributed by atoms with van der Waals surface area (Å²) in [6, 6.07) is 3.77. The van der Waals surface area contributed by atoms with Crippen molar-refractivity contribution < 1.29 is 19.8 Å². The zero-order valence-corrected chi connectivity index (χ0v) is 16.3. The number of amides is 1. The Kier molecular flexibility index (Phi) is 3.75. The molecule has 2 saturated carbocycles. The lowest BCUT2D eigenvalue weighted by molar-refractivity contribution is -0.179. The Balaban J connectivity index is 1.70. The number of hydrogen-bond acceptors (Lipinski definition) is 5. The maximum atomic E-state index is 12.5. The molecular formula is C22H28N2O4. The van der Waals surface area contributed by atoms with Crippen molar-refractivity contribution in [1.29, 1.82) is 0 Å². The van der Waals surface area contributed by atoms with Crippen LogP contribution in [0.3, 0.4) is 0 Å². The van der Waals surface area contributed by atoms with Crippen molar-refractivity contribution in [3.05, 3.63) is 28.8 Å². The molecule has 1 heterocycles. The van der Waals surface area contributed by atoms with Crippen molar-refractivity contribution in [2.75, 3.05) is 6.54 Å². The third-order valence-corrected chi connectivity index (χ3v) is 8.11. The standard InChI is InChI=1S/C22H28N2O4/c1-12(13-2-3-13)24-9-8-21-11-15(25)6-7-22(21,28)17(24)10-14-4-5-16(20(23)27)19(26)18(14)21/h4-5,12-13,17,26,28H,2-3,6-11H2,1H3,(H2,23,27)/t12-,17?,21-,22-/m1/s1. The number of likely N-dealkylation sites (tertiary alicyclic amines) is 1. The van der Waals surface area contributed by atoms with Gasteiger partial charge >= 0.3 is 0 Å². The highest BCUT2D eigenvalue weighted by atomic mass is 16.3. The molecule has 0 aromatic heterocycles. The first-order valence-electron chi connectivity index (χ1n) is 10.4. The number of carbonyl (C=O) groups excluding carboxylic acids is 2. The fraction of sp³-hybridized carbons (Fsp3) is 0.636. The van der Waals surface area contributed by atoms with Crippen LogP contribution in [0.4, 0.5) is 0 Å². The second-order valence-corrected chi connectivity index (χ2v) is 9.37. The van der Waals surface area contributed by atoms with Gasteiger partial charge in [0, 0.05) is 35.9 Å². The molecule has 3 aliphatic carbocycles. The minimum atomic E-state index is -1.08. The first-order chi connectivity index (χ1) is 13.3. The highest BCUT2D eigenvalue weighted by Gasteiger charge is 2.66. The monoisotopic (exact) mass is 384 g/mol. The molecule has 1 aromatic rings. The lowest BCUT2D eigenvalue weighted by Crippen LogP contribution is -2.74. The topological polar surface area (TPSA) is 104 Å². The molecule has 4 atom stereocenters. The molecular weight excluding hydrogens is 356 g/mol. The zero-order chi connectivity index (χ0) is 19.8. The van der Waals surface area contributed by atoms with Gasteiger partial charge in [-0.05, 0) is 63.1 Å². The van der Waals surface area contributed by atoms with Crippen LogP contribution < -0.4 is 5.73 Å². The predicted molar refractivity (Wildman–Crippen MR) is 103 cm³/mol. The summed E-state index contributed by atoms with van der Waals surface area (Å²) in [7, 11) is 0. The van der Waals surface area contributed by atoms with Crippen molar-refractivity contribution in [2.45, 2.75) is 75.0 Å². The Bertz CT molecular complexity index is 880. The van der Waals surface area contributed by atoms with E-state index in [-0.39, 0.29) is 29.6 Å². The molecule has 4 aliphatic rings. The van der Waals surface area contributed by atoms with Crippen LogP contribution in [0.25, 0.3) is 0 Å². The van der Waals surface area contributed by atoms with E-state index in [4.69, 9.17) is 5.73 Å². The molecule has 6 heteroatoms. The van der Waals surface area contributed by atoms with E-state index < -0.39 is 16.9 Å². The number of primary amides is 1. The number of hydrogen-bond donors (Lipinski definition) is 3. The summed E-state index contributed by atoms with van der Waals surface area (Å²) < 4.78 is 0. The highest BCUT2D eigenvalue weighted by Crippen LogP contribution is 2.60. The van der Waals surface area contributed by atoms with Crippen molar-refractivity contribution in [3.8, 4) is 5.75 Å². The Labute approximate surface area is 164 Å². The maximum absolute atomic E-state index is 12.5. The maximum Gasteiger partial charge on any atom is 0.252 e. The lowest BCUT2D eigenvalue weighted by Gasteiger charge is -2.64. The van der Waals surface area contributed by atoms with Crippen LogP contribution in [0, 0.1) is 5.92 Å². The molecule has 1 saturated heterocycles. The summed E-state index contributed by atoms with van der Waals surface area (Å²) in [6.07, 6.45) is 4.69. The normalized spacial score (nSPS) is 35.8. The highest BCUT2D eigenvalue weighted by molar-refractivity contribution is 5.96. The number of Topliss-reactive ketones (excluding diaryl/α,β-unsaturated/α-hetero) is 1. The molecule has 0 spiro atoms. The van der Waals surface area contributed by atoms with Crippen LogP contribution in [0.2, 0.25) is 0 Å². The third kappa shape index (κ3) is 2.22. The Morgan fingerprint density at radius 1 is 1.32 bits per heavy atom. The number of fused-ring (bicyclic) bond motifs is 1. The van der Waals surface area contributed by atoms with Gasteiger partial charge in [-0.25, -0.2) is 0 Å². The van der Waals surface area contributed by atoms with Gasteiger partial charge in [0.25, 0.3) is 5.91 Å². The van der Waals surface area contributed by atoms with Gasteiger partial charge in [0.1, 0.15) is 11.5 Å². The first kappa shape index (κ1) is 18.1. The fourth-order valence-corrected chi connectivity index (χ4v) is 6.48. The summed E-state index contributed by atoms with van der Waals surface area (Å²) in [6.45, 7) is 3.04. The largest absolute Gasteiger partial charge is 0.507 e. The average molecular weight is 384 g/mol. The SMILES string of the molecule is C[C@H](C1CC1)N1CC[C@]23CC(=O)CC[C@@]2(O)C1Cc1ccc(C(N)=O)c(O)c13. The summed E-state index contributed by atoms with van der Waals surface area (Å²) >= 11 is 0. The molecule has 3 fully saturated rings. The number of rotatable bonds is 3. The van der Waals surface area contributed by atoms with Gasteiger partial charge in [0.05, 0.1) is 11.2 Å². The van der Waals surface area contributed by atoms with Gasteiger partial charge in [-0.1, -0.05) is 6.07 Å². The smallest absolute Gasteiger partial charge is 0.252 e. The Morgan fingerprint density at radius 3 is 2.75 bits per heavy atom. The number of ketones is 1. The molecule has 150 valence electrons. The molecule has 1 aromatic carbocycles. The molecule has 0 radical (unpaired) electrons. The molecule has 4 N–H and O–H groups in total. The summed E-state index contributed by atoms with van der Waals surface area (Å²) in [5, 5.41) is 23.1. The van der Waals surface area contributed by atoms with E-state index in [9.17, 15) is 19.8 Å². The molecule has 5 rings (SSSR count). The third-order valence-electron chi connectivity index (χ3n) is 8.11. The lowest BCUT2D eigenvalue weighted by atomic mass is 9.49. The molecule has 28 heavy (non-hydrogen) atoms. The Morgan fingerprint density at radius 2 is 2.07 bits per heavy atom. The summed E-state index contributed by atoms with van der Waals surface area (Å²) in [5.74, 6) is -0.0261. The van der Waals surface area contributed by atoms with E-state index in [1.165, 1.54) is 12.8 Å². The second kappa shape index (κ2) is 5.80. The zero-order valence-electron chi connectivity index (χ0n) is 16.3. The van der Waals surface area contributed by atoms with E-state index in [2.05, 4.69) is 11.8 Å². The minimum absolute atomic E-state index is 0.0701. The van der Waals surface area contributed by atoms with Crippen LogP contribution in [-0.2, 0) is 16.6 Å². The molecule has 1 aliphatic heterocycles. The second-order valence-electron chi connectivity index (χ2n) is 9.37. The predicted octanol–water partition coefficient (Wildman–Crippen LogP) is 1.64. The number of nitrogens with two attached hydrogens (primary N) is 1. The van der Waals surface area contributed by atoms with Crippen molar-refractivity contribution in [1.82, 2.24) is 4.90 Å². The van der Waals surface area contributed by atoms with Crippen LogP contribution in [0.5, 0.6) is 5.75 Å². The van der Waals surface area contributed by atoms with Gasteiger partial charge in [-0.2, -0.15) is 0 Å². The van der Waals surface area contributed by atoms with Gasteiger partial charge in [0.15, 0.2) is 0 Å². The van der Waals surface area contributed by atoms with Gasteiger partial charge in [-0.3, -0.25) is 14.5 Å². The summed E-state index contributed by atoms with van der Waals surface area (Å²) in [5.41, 5.74) is 5.14. The van der Waals surface area contributed by atoms with Crippen LogP contribution >= 0.6 is 0 Å². The van der Waals surface area contributed by atoms with E-state index >= 15 is 0 Å². The van der Waals surface area contributed by atoms with Crippen LogP contribution in [0.15, 0.2) is 12.1 Å². The summed E-state index contributed by atoms with van der Waals surface area (Å²) in [4.78, 5) is 26.8. The molecule has 1 amide bonds. The van der Waals surface area contributed by atoms with Gasteiger partial charge in [-0.15, -0.1) is 0 Å². The number of nitrogens with zero attached hydrogens (tertiary/aromatic N) is 1. The quantitative estimate of drug-likeness (QED) is 0.735. The number of benzene rings is 1. The van der Waals surface area contributed by atoms with Crippen molar-refractivity contribution in [2.24, 2.45) is 11.7 Å². The fourth-order valence-electron chi connectivity index (χ4n) is 6.48. The van der Waals surface area contributed by atoms with E-state index in [1.807, 2.05) is 6.07 Å². The Hall–Kier alpha value is -1.92. The molecule has 6 nitrogen and oxygen atoms in total. The number of carbonyl (C=O) groups is 2. The number of phenols is 1. The molecule has 2 bridgehead atoms. The first-order valence-corrected chi connectivity index (χ1v) is 10.4. The number of aromatic hydroxyl groups is 1. The average Bonchev–Trinajstić information content (AvgIpc) is 3.46. The van der Waals surface area contributed by atoms with Gasteiger partial charge < -0.3 is 15.9 Å². The minimum Gasteiger partial charge on any atom is -0.507 e. The van der Waals surface area contributed by atoms with Gasteiger partial charge in [0.2, 0.25) is 0 Å². The van der Waals surface area contributed by atoms with Crippen LogP contribution in [-0.4, -0.2) is 51.0 Å². The van der Waals surface area contributed by atoms with E-state index in [0.29, 0.717) is 43.2 Å². The van der Waals surface area contributed by atoms with Crippen LogP contribution in [0.1, 0.15) is 66.9 Å². The molecule has 1 unspecified atom stereocenters. The van der Waals surface area contributed by atoms with Crippen molar-refractivity contribution in [3.63, 3.8) is 0 Å². The van der Waals surface area contributed by atoms with E-state index in [0.717, 1.165) is 12.1 Å². The van der Waals surface area contributed by atoms with Crippen molar-refractivity contribution >= 4 is 11.7 Å². The number of aliphatic hydroxyl groups is 1. The van der Waals surface area contributed by atoms with E-state index in [1.54, 1.807) is 6.07 Å². The number of piperidine rings is 1.